The summed E-state index contributed by atoms with van der Waals surface area (Å²) in [5.41, 5.74) is 2.92. The van der Waals surface area contributed by atoms with E-state index in [4.69, 9.17) is 0 Å². The van der Waals surface area contributed by atoms with Gasteiger partial charge in [0.25, 0.3) is 0 Å². The highest BCUT2D eigenvalue weighted by Crippen LogP contribution is 2.64. The van der Waals surface area contributed by atoms with Crippen LogP contribution in [0.4, 0.5) is 0 Å². The molecule has 2 heteroatoms. The number of halogens is 2. The summed E-state index contributed by atoms with van der Waals surface area (Å²) in [5, 5.41) is 0. The van der Waals surface area contributed by atoms with Crippen LogP contribution in [0.15, 0.2) is 60.7 Å². The lowest BCUT2D eigenvalue weighted by atomic mass is 9.68. The molecule has 2 aliphatic rings. The highest BCUT2D eigenvalue weighted by molar-refractivity contribution is 14.1. The van der Waals surface area contributed by atoms with Gasteiger partial charge in [-0.2, -0.15) is 0 Å². The maximum atomic E-state index is 2.44. The van der Waals surface area contributed by atoms with Crippen molar-refractivity contribution in [1.29, 1.82) is 0 Å². The Morgan fingerprint density at radius 2 is 1.29 bits per heavy atom. The van der Waals surface area contributed by atoms with E-state index in [1.54, 1.807) is 11.8 Å². The minimum Gasteiger partial charge on any atom is -0.0879 e. The third-order valence-corrected chi connectivity index (χ3v) is 6.97. The fraction of sp³-hybridized carbons (Fsp3) is 0.273. The van der Waals surface area contributed by atoms with Crippen molar-refractivity contribution in [3.63, 3.8) is 0 Å². The zero-order valence-electron chi connectivity index (χ0n) is 13.9. The lowest BCUT2D eigenvalue weighted by molar-refractivity contribution is 0.451. The SMILES string of the molecule is CC1(C)[C](c2ccc(I)cc2)C2C=CCC2[C]1c1ccc(I)cc1. The van der Waals surface area contributed by atoms with Crippen LogP contribution in [0.25, 0.3) is 0 Å². The van der Waals surface area contributed by atoms with Crippen molar-refractivity contribution in [2.75, 3.05) is 0 Å². The number of hydrogen-bond acceptors (Lipinski definition) is 0. The first-order valence-corrected chi connectivity index (χ1v) is 10.6. The Bertz CT molecular complexity index is 756. The van der Waals surface area contributed by atoms with Crippen molar-refractivity contribution >= 4 is 45.2 Å². The van der Waals surface area contributed by atoms with Gasteiger partial charge in [0.2, 0.25) is 0 Å². The molecular weight excluding hydrogens is 518 g/mol. The lowest BCUT2D eigenvalue weighted by Crippen LogP contribution is -2.26. The van der Waals surface area contributed by atoms with Crippen molar-refractivity contribution in [2.24, 2.45) is 17.3 Å². The topological polar surface area (TPSA) is 0 Å². The Morgan fingerprint density at radius 1 is 0.792 bits per heavy atom. The first kappa shape index (κ1) is 17.1. The van der Waals surface area contributed by atoms with E-state index in [1.165, 1.54) is 24.7 Å². The monoisotopic (exact) mass is 538 g/mol. The summed E-state index contributed by atoms with van der Waals surface area (Å²) < 4.78 is 2.60. The Labute approximate surface area is 172 Å². The number of hydrogen-bond donors (Lipinski definition) is 0. The van der Waals surface area contributed by atoms with E-state index in [1.807, 2.05) is 0 Å². The highest BCUT2D eigenvalue weighted by Gasteiger charge is 2.56. The zero-order valence-corrected chi connectivity index (χ0v) is 18.2. The molecule has 2 radical (unpaired) electrons. The fourth-order valence-corrected chi connectivity index (χ4v) is 5.38. The van der Waals surface area contributed by atoms with Gasteiger partial charge in [-0.15, -0.1) is 0 Å². The Kier molecular flexibility index (Phi) is 4.57. The van der Waals surface area contributed by atoms with Gasteiger partial charge in [-0.1, -0.05) is 50.3 Å². The molecule has 0 saturated heterocycles. The molecule has 24 heavy (non-hydrogen) atoms. The summed E-state index contributed by atoms with van der Waals surface area (Å²) in [7, 11) is 0. The standard InChI is InChI=1S/C22H20I2/c1-22(2)20(14-6-10-16(23)11-7-14)18-4-3-5-19(18)21(22)15-8-12-17(24)13-9-15/h3-4,6-13,18-19H,5H2,1-2H3. The van der Waals surface area contributed by atoms with Crippen molar-refractivity contribution in [1.82, 2.24) is 0 Å². The summed E-state index contributed by atoms with van der Waals surface area (Å²) >= 11 is 4.78. The van der Waals surface area contributed by atoms with E-state index in [0.717, 1.165) is 0 Å². The van der Waals surface area contributed by atoms with Gasteiger partial charge in [0.15, 0.2) is 0 Å². The van der Waals surface area contributed by atoms with Crippen LogP contribution in [0.3, 0.4) is 0 Å². The van der Waals surface area contributed by atoms with Crippen LogP contribution in [0, 0.1) is 36.2 Å². The molecule has 2 unspecified atom stereocenters. The van der Waals surface area contributed by atoms with Gasteiger partial charge in [0.1, 0.15) is 0 Å². The van der Waals surface area contributed by atoms with Gasteiger partial charge >= 0.3 is 0 Å². The average molecular weight is 538 g/mol. The summed E-state index contributed by atoms with van der Waals surface area (Å²) in [5.74, 6) is 4.37. The van der Waals surface area contributed by atoms with Crippen LogP contribution >= 0.6 is 45.2 Å². The molecule has 0 nitrogen and oxygen atoms in total. The van der Waals surface area contributed by atoms with Crippen molar-refractivity contribution in [2.45, 2.75) is 20.3 Å². The minimum absolute atomic E-state index is 0.0969. The fourth-order valence-electron chi connectivity index (χ4n) is 4.66. The molecule has 0 heterocycles. The van der Waals surface area contributed by atoms with Crippen LogP contribution in [0.1, 0.15) is 31.4 Å². The smallest absolute Gasteiger partial charge is 0.0187 e. The quantitative estimate of drug-likeness (QED) is 0.296. The molecule has 122 valence electrons. The van der Waals surface area contributed by atoms with Crippen molar-refractivity contribution < 1.29 is 0 Å². The second kappa shape index (κ2) is 6.42. The number of allylic oxidation sites excluding steroid dienone is 2. The second-order valence-corrected chi connectivity index (χ2v) is 9.75. The molecular formula is C22H20I2. The van der Waals surface area contributed by atoms with E-state index < -0.39 is 0 Å². The van der Waals surface area contributed by atoms with E-state index in [9.17, 15) is 0 Å². The third kappa shape index (κ3) is 2.77. The molecule has 0 aliphatic heterocycles. The molecule has 0 amide bonds. The number of fused-ring (bicyclic) bond motifs is 1. The van der Waals surface area contributed by atoms with Gasteiger partial charge < -0.3 is 0 Å². The summed E-state index contributed by atoms with van der Waals surface area (Å²) in [4.78, 5) is 0. The molecule has 2 aliphatic carbocycles. The molecule has 1 saturated carbocycles. The summed E-state index contributed by atoms with van der Waals surface area (Å²) in [6, 6.07) is 18.2. The van der Waals surface area contributed by atoms with Crippen LogP contribution in [-0.4, -0.2) is 0 Å². The second-order valence-electron chi connectivity index (χ2n) is 7.26. The van der Waals surface area contributed by atoms with Crippen molar-refractivity contribution in [3.05, 3.63) is 90.8 Å². The number of benzene rings is 2. The average Bonchev–Trinajstić information content (AvgIpc) is 3.07. The normalized spacial score (nSPS) is 26.0. The Morgan fingerprint density at radius 3 is 1.83 bits per heavy atom. The third-order valence-electron chi connectivity index (χ3n) is 5.53. The molecule has 2 aromatic rings. The van der Waals surface area contributed by atoms with E-state index in [-0.39, 0.29) is 5.41 Å². The van der Waals surface area contributed by atoms with E-state index in [2.05, 4.69) is 120 Å². The Balaban J connectivity index is 1.79. The maximum absolute atomic E-state index is 2.44. The largest absolute Gasteiger partial charge is 0.0879 e. The van der Waals surface area contributed by atoms with Crippen LogP contribution in [-0.2, 0) is 0 Å². The molecule has 2 atom stereocenters. The maximum Gasteiger partial charge on any atom is 0.0187 e. The zero-order chi connectivity index (χ0) is 16.9. The van der Waals surface area contributed by atoms with Crippen molar-refractivity contribution in [3.8, 4) is 0 Å². The van der Waals surface area contributed by atoms with Gasteiger partial charge in [0.05, 0.1) is 0 Å². The Hall–Kier alpha value is -0.360. The highest BCUT2D eigenvalue weighted by atomic mass is 127. The van der Waals surface area contributed by atoms with Crippen LogP contribution in [0.5, 0.6) is 0 Å². The molecule has 0 aromatic heterocycles. The molecule has 0 N–H and O–H groups in total. The first-order chi connectivity index (χ1) is 11.5. The van der Waals surface area contributed by atoms with E-state index in [0.29, 0.717) is 11.8 Å². The lowest BCUT2D eigenvalue weighted by Gasteiger charge is -2.35. The van der Waals surface area contributed by atoms with Crippen LogP contribution < -0.4 is 0 Å². The first-order valence-electron chi connectivity index (χ1n) is 8.41. The predicted octanol–water partition coefficient (Wildman–Crippen LogP) is 6.67. The molecule has 1 fully saturated rings. The molecule has 0 bridgehead atoms. The van der Waals surface area contributed by atoms with Crippen LogP contribution in [0.2, 0.25) is 0 Å². The van der Waals surface area contributed by atoms with Gasteiger partial charge in [0, 0.05) is 19.0 Å². The molecule has 4 rings (SSSR count). The molecule has 0 spiro atoms. The van der Waals surface area contributed by atoms with Gasteiger partial charge in [-0.05, 0) is 104 Å². The number of rotatable bonds is 2. The van der Waals surface area contributed by atoms with Gasteiger partial charge in [-0.3, -0.25) is 0 Å². The summed E-state index contributed by atoms with van der Waals surface area (Å²) in [6.07, 6.45) is 5.99. The van der Waals surface area contributed by atoms with E-state index >= 15 is 0 Å². The molecule has 2 aromatic carbocycles. The summed E-state index contributed by atoms with van der Waals surface area (Å²) in [6.45, 7) is 4.83. The van der Waals surface area contributed by atoms with Gasteiger partial charge in [-0.25, -0.2) is 0 Å². The predicted molar refractivity (Wildman–Crippen MR) is 118 cm³/mol. The minimum atomic E-state index is 0.0969.